The number of nitrogens with two attached hydrogens (primary N) is 1. The number of hydrogen-bond acceptors (Lipinski definition) is 5. The highest BCUT2D eigenvalue weighted by Crippen LogP contribution is 2.37. The van der Waals surface area contributed by atoms with Gasteiger partial charge in [-0.15, -0.1) is 0 Å². The highest BCUT2D eigenvalue weighted by molar-refractivity contribution is 7.91. The van der Waals surface area contributed by atoms with Crippen LogP contribution in [0.5, 0.6) is 0 Å². The van der Waals surface area contributed by atoms with Gasteiger partial charge in [-0.05, 0) is 35.4 Å². The number of rotatable bonds is 5. The van der Waals surface area contributed by atoms with Crippen LogP contribution in [0, 0.1) is 0 Å². The molecule has 1 fully saturated rings. The van der Waals surface area contributed by atoms with E-state index in [1.807, 2.05) is 77.7 Å². The van der Waals surface area contributed by atoms with Crippen LogP contribution in [0.25, 0.3) is 0 Å². The second kappa shape index (κ2) is 7.89. The molecule has 0 unspecified atom stereocenters. The van der Waals surface area contributed by atoms with Crippen LogP contribution in [0.2, 0.25) is 0 Å². The molecule has 3 aromatic rings. The fraction of sp³-hybridized carbons (Fsp3) is 0.217. The molecule has 5 nitrogen and oxygen atoms in total. The van der Waals surface area contributed by atoms with Crippen LogP contribution in [-0.2, 0) is 9.84 Å². The van der Waals surface area contributed by atoms with Gasteiger partial charge in [-0.3, -0.25) is 0 Å². The summed E-state index contributed by atoms with van der Waals surface area (Å²) in [5, 5.41) is 10.7. The van der Waals surface area contributed by atoms with E-state index in [-0.39, 0.29) is 17.5 Å². The minimum atomic E-state index is -3.32. The zero-order valence-electron chi connectivity index (χ0n) is 15.9. The summed E-state index contributed by atoms with van der Waals surface area (Å²) >= 11 is 0. The highest BCUT2D eigenvalue weighted by Gasteiger charge is 2.43. The first-order valence-electron chi connectivity index (χ1n) is 9.57. The zero-order chi connectivity index (χ0) is 20.4. The smallest absolute Gasteiger partial charge is 0.155 e. The van der Waals surface area contributed by atoms with Crippen LogP contribution in [0.4, 0.5) is 11.4 Å². The Labute approximate surface area is 171 Å². The van der Waals surface area contributed by atoms with Gasteiger partial charge in [0.1, 0.15) is 0 Å². The Morgan fingerprint density at radius 1 is 0.828 bits per heavy atom. The van der Waals surface area contributed by atoms with Gasteiger partial charge in [0.05, 0.1) is 29.7 Å². The third-order valence-electron chi connectivity index (χ3n) is 5.35. The van der Waals surface area contributed by atoms with E-state index < -0.39 is 22.0 Å². The zero-order valence-corrected chi connectivity index (χ0v) is 16.7. The van der Waals surface area contributed by atoms with E-state index in [1.165, 1.54) is 0 Å². The van der Waals surface area contributed by atoms with Crippen molar-refractivity contribution >= 4 is 21.2 Å². The first-order chi connectivity index (χ1) is 13.9. The molecule has 29 heavy (non-hydrogen) atoms. The lowest BCUT2D eigenvalue weighted by molar-refractivity contribution is 0.175. The van der Waals surface area contributed by atoms with Crippen LogP contribution in [0.1, 0.15) is 17.2 Å². The van der Waals surface area contributed by atoms with Crippen LogP contribution < -0.4 is 10.6 Å². The summed E-state index contributed by atoms with van der Waals surface area (Å²) in [5.74, 6) is -0.311. The average molecular weight is 409 g/mol. The Morgan fingerprint density at radius 2 is 1.34 bits per heavy atom. The van der Waals surface area contributed by atoms with E-state index in [2.05, 4.69) is 0 Å². The van der Waals surface area contributed by atoms with Gasteiger partial charge in [0.2, 0.25) is 0 Å². The summed E-state index contributed by atoms with van der Waals surface area (Å²) in [7, 11) is -3.32. The second-order valence-corrected chi connectivity index (χ2v) is 9.59. The quantitative estimate of drug-likeness (QED) is 0.634. The normalized spacial score (nSPS) is 20.6. The van der Waals surface area contributed by atoms with Crippen molar-refractivity contribution in [2.24, 2.45) is 0 Å². The molecule has 150 valence electrons. The van der Waals surface area contributed by atoms with Crippen LogP contribution in [0.3, 0.4) is 0 Å². The molecule has 0 spiro atoms. The van der Waals surface area contributed by atoms with Crippen molar-refractivity contribution in [3.8, 4) is 0 Å². The molecular formula is C23H24N2O3S. The van der Waals surface area contributed by atoms with Gasteiger partial charge in [-0.1, -0.05) is 60.7 Å². The Morgan fingerprint density at radius 3 is 1.79 bits per heavy atom. The molecule has 0 radical (unpaired) electrons. The van der Waals surface area contributed by atoms with Gasteiger partial charge in [-0.25, -0.2) is 8.42 Å². The summed E-state index contributed by atoms with van der Waals surface area (Å²) < 4.78 is 24.7. The Hall–Kier alpha value is -2.83. The third kappa shape index (κ3) is 4.13. The molecule has 4 rings (SSSR count). The number of hydrogen-bond donors (Lipinski definition) is 2. The van der Waals surface area contributed by atoms with E-state index in [4.69, 9.17) is 5.73 Å². The van der Waals surface area contributed by atoms with Crippen molar-refractivity contribution in [3.05, 3.63) is 96.1 Å². The summed E-state index contributed by atoms with van der Waals surface area (Å²) in [5.41, 5.74) is 9.37. The van der Waals surface area contributed by atoms with E-state index in [9.17, 15) is 13.5 Å². The molecule has 0 saturated carbocycles. The molecule has 1 aliphatic rings. The van der Waals surface area contributed by atoms with Crippen LogP contribution in [0.15, 0.2) is 84.9 Å². The van der Waals surface area contributed by atoms with E-state index in [1.54, 1.807) is 12.1 Å². The van der Waals surface area contributed by atoms with Gasteiger partial charge in [-0.2, -0.15) is 0 Å². The summed E-state index contributed by atoms with van der Waals surface area (Å²) in [6.07, 6.45) is -0.965. The molecule has 0 aliphatic carbocycles. The number of anilines is 2. The van der Waals surface area contributed by atoms with Gasteiger partial charge in [0, 0.05) is 11.4 Å². The number of nitrogens with zero attached hydrogens (tertiary/aromatic N) is 1. The Bertz CT molecular complexity index is 1010. The summed E-state index contributed by atoms with van der Waals surface area (Å²) in [6, 6.07) is 26.4. The molecule has 1 heterocycles. The predicted molar refractivity (Wildman–Crippen MR) is 117 cm³/mol. The van der Waals surface area contributed by atoms with E-state index >= 15 is 0 Å². The van der Waals surface area contributed by atoms with Crippen molar-refractivity contribution in [2.75, 3.05) is 22.1 Å². The molecule has 3 aromatic carbocycles. The minimum Gasteiger partial charge on any atom is -0.399 e. The first-order valence-corrected chi connectivity index (χ1v) is 11.4. The lowest BCUT2D eigenvalue weighted by atomic mass is 9.94. The maximum absolute atomic E-state index is 12.3. The maximum atomic E-state index is 12.3. The van der Waals surface area contributed by atoms with E-state index in [0.717, 1.165) is 16.8 Å². The van der Waals surface area contributed by atoms with Crippen molar-refractivity contribution in [1.82, 2.24) is 0 Å². The number of sulfone groups is 1. The standard InChI is InChI=1S/C23H24N2O3S/c24-19-11-13-20(14-12-19)25(21-15-29(27,28)16-22(21)26)23(17-7-3-1-4-8-17)18-9-5-2-6-10-18/h1-14,21-23,26H,15-16,24H2/t21-,22+/m1/s1. The molecule has 0 aromatic heterocycles. The van der Waals surface area contributed by atoms with Crippen molar-refractivity contribution in [2.45, 2.75) is 18.2 Å². The lowest BCUT2D eigenvalue weighted by Crippen LogP contribution is -2.46. The van der Waals surface area contributed by atoms with Crippen LogP contribution in [-0.4, -0.2) is 37.2 Å². The summed E-state index contributed by atoms with van der Waals surface area (Å²) in [4.78, 5) is 2.03. The Balaban J connectivity index is 1.90. The van der Waals surface area contributed by atoms with Crippen molar-refractivity contribution in [1.29, 1.82) is 0 Å². The van der Waals surface area contributed by atoms with Gasteiger partial charge in [0.25, 0.3) is 0 Å². The molecule has 2 atom stereocenters. The average Bonchev–Trinajstić information content (AvgIpc) is 3.00. The molecule has 0 bridgehead atoms. The van der Waals surface area contributed by atoms with Gasteiger partial charge < -0.3 is 15.7 Å². The number of nitrogen functional groups attached to an aromatic ring is 1. The molecule has 6 heteroatoms. The largest absolute Gasteiger partial charge is 0.399 e. The molecular weight excluding hydrogens is 384 g/mol. The van der Waals surface area contributed by atoms with Gasteiger partial charge >= 0.3 is 0 Å². The first kappa shape index (κ1) is 19.5. The highest BCUT2D eigenvalue weighted by atomic mass is 32.2. The SMILES string of the molecule is Nc1ccc(N(C(c2ccccc2)c2ccccc2)[C@@H]2CS(=O)(=O)C[C@@H]2O)cc1. The fourth-order valence-corrected chi connectivity index (χ4v) is 5.82. The summed E-state index contributed by atoms with van der Waals surface area (Å²) in [6.45, 7) is 0. The maximum Gasteiger partial charge on any atom is 0.155 e. The fourth-order valence-electron chi connectivity index (χ4n) is 4.04. The minimum absolute atomic E-state index is 0.0886. The predicted octanol–water partition coefficient (Wildman–Crippen LogP) is 3.02. The van der Waals surface area contributed by atoms with Crippen molar-refractivity contribution < 1.29 is 13.5 Å². The van der Waals surface area contributed by atoms with E-state index in [0.29, 0.717) is 5.69 Å². The number of aliphatic hydroxyl groups is 1. The molecule has 1 saturated heterocycles. The Kier molecular flexibility index (Phi) is 5.30. The topological polar surface area (TPSA) is 83.6 Å². The lowest BCUT2D eigenvalue weighted by Gasteiger charge is -2.40. The second-order valence-electron chi connectivity index (χ2n) is 7.43. The third-order valence-corrected chi connectivity index (χ3v) is 7.05. The van der Waals surface area contributed by atoms with Crippen molar-refractivity contribution in [3.63, 3.8) is 0 Å². The van der Waals surface area contributed by atoms with Gasteiger partial charge in [0.15, 0.2) is 9.84 Å². The van der Waals surface area contributed by atoms with Crippen LogP contribution >= 0.6 is 0 Å². The molecule has 3 N–H and O–H groups in total. The molecule has 0 amide bonds. The monoisotopic (exact) mass is 408 g/mol. The number of benzene rings is 3. The number of aliphatic hydroxyl groups excluding tert-OH is 1. The molecule has 1 aliphatic heterocycles.